The molecule has 1 N–H and O–H groups in total. The van der Waals surface area contributed by atoms with Gasteiger partial charge in [-0.3, -0.25) is 0 Å². The summed E-state index contributed by atoms with van der Waals surface area (Å²) in [4.78, 5) is 0. The van der Waals surface area contributed by atoms with E-state index in [1.807, 2.05) is 0 Å². The summed E-state index contributed by atoms with van der Waals surface area (Å²) in [6.07, 6.45) is -3.70. The Morgan fingerprint density at radius 1 is 1.19 bits per heavy atom. The van der Waals surface area contributed by atoms with Gasteiger partial charge in [0.15, 0.2) is 0 Å². The van der Waals surface area contributed by atoms with Crippen molar-refractivity contribution >= 4 is 0 Å². The van der Waals surface area contributed by atoms with Crippen molar-refractivity contribution in [3.05, 3.63) is 35.4 Å². The highest BCUT2D eigenvalue weighted by Gasteiger charge is 2.44. The van der Waals surface area contributed by atoms with Crippen LogP contribution in [0.3, 0.4) is 0 Å². The third kappa shape index (κ3) is 2.35. The Kier molecular flexibility index (Phi) is 3.91. The van der Waals surface area contributed by atoms with Crippen molar-refractivity contribution in [2.24, 2.45) is 0 Å². The SMILES string of the molecule is CNC(C)c1ccccc1C(F)(F)C(F)F. The van der Waals surface area contributed by atoms with E-state index in [-0.39, 0.29) is 5.56 Å². The molecule has 0 aliphatic heterocycles. The van der Waals surface area contributed by atoms with Crippen LogP contribution in [-0.2, 0) is 5.92 Å². The van der Waals surface area contributed by atoms with Crippen LogP contribution in [0.25, 0.3) is 0 Å². The first-order valence-electron chi connectivity index (χ1n) is 4.84. The molecule has 0 amide bonds. The number of hydrogen-bond donors (Lipinski definition) is 1. The van der Waals surface area contributed by atoms with E-state index in [4.69, 9.17) is 0 Å². The number of benzene rings is 1. The van der Waals surface area contributed by atoms with Crippen LogP contribution in [0.15, 0.2) is 24.3 Å². The first-order valence-corrected chi connectivity index (χ1v) is 4.84. The minimum atomic E-state index is -4.11. The van der Waals surface area contributed by atoms with Gasteiger partial charge in [0.2, 0.25) is 0 Å². The van der Waals surface area contributed by atoms with Gasteiger partial charge in [-0.1, -0.05) is 24.3 Å². The van der Waals surface area contributed by atoms with Gasteiger partial charge in [-0.25, -0.2) is 8.78 Å². The summed E-state index contributed by atoms with van der Waals surface area (Å²) < 4.78 is 51.1. The van der Waals surface area contributed by atoms with Crippen molar-refractivity contribution in [3.8, 4) is 0 Å². The number of alkyl halides is 4. The average Bonchev–Trinajstić information content (AvgIpc) is 2.27. The maximum Gasteiger partial charge on any atom is 0.332 e. The molecule has 1 unspecified atom stereocenters. The van der Waals surface area contributed by atoms with Gasteiger partial charge in [-0.15, -0.1) is 0 Å². The van der Waals surface area contributed by atoms with Crippen LogP contribution in [0.2, 0.25) is 0 Å². The maximum absolute atomic E-state index is 13.3. The monoisotopic (exact) mass is 235 g/mol. The van der Waals surface area contributed by atoms with Crippen molar-refractivity contribution in [1.29, 1.82) is 0 Å². The van der Waals surface area contributed by atoms with Crippen LogP contribution >= 0.6 is 0 Å². The summed E-state index contributed by atoms with van der Waals surface area (Å²) in [5.41, 5.74) is -0.429. The topological polar surface area (TPSA) is 12.0 Å². The van der Waals surface area contributed by atoms with Crippen molar-refractivity contribution < 1.29 is 17.6 Å². The Balaban J connectivity index is 3.23. The molecule has 0 aromatic heterocycles. The Morgan fingerprint density at radius 2 is 1.75 bits per heavy atom. The van der Waals surface area contributed by atoms with Crippen LogP contribution < -0.4 is 5.32 Å². The number of nitrogens with one attached hydrogen (secondary N) is 1. The fraction of sp³-hybridized carbons (Fsp3) is 0.455. The summed E-state index contributed by atoms with van der Waals surface area (Å²) in [5.74, 6) is -4.11. The first-order chi connectivity index (χ1) is 7.41. The Labute approximate surface area is 91.5 Å². The van der Waals surface area contributed by atoms with Gasteiger partial charge >= 0.3 is 12.3 Å². The largest absolute Gasteiger partial charge is 0.332 e. The van der Waals surface area contributed by atoms with Gasteiger partial charge in [-0.2, -0.15) is 8.78 Å². The molecular weight excluding hydrogens is 222 g/mol. The summed E-state index contributed by atoms with van der Waals surface area (Å²) in [5, 5.41) is 2.75. The predicted molar refractivity (Wildman–Crippen MR) is 53.8 cm³/mol. The molecule has 0 aliphatic rings. The van der Waals surface area contributed by atoms with Gasteiger partial charge in [-0.05, 0) is 19.5 Å². The molecule has 1 atom stereocenters. The van der Waals surface area contributed by atoms with Crippen LogP contribution in [0.5, 0.6) is 0 Å². The summed E-state index contributed by atoms with van der Waals surface area (Å²) in [7, 11) is 1.59. The van der Waals surface area contributed by atoms with E-state index in [1.165, 1.54) is 12.1 Å². The quantitative estimate of drug-likeness (QED) is 0.789. The van der Waals surface area contributed by atoms with E-state index in [9.17, 15) is 17.6 Å². The molecule has 0 fully saturated rings. The third-order valence-electron chi connectivity index (χ3n) is 2.49. The van der Waals surface area contributed by atoms with E-state index >= 15 is 0 Å². The molecule has 1 aromatic carbocycles. The fourth-order valence-electron chi connectivity index (χ4n) is 1.45. The highest BCUT2D eigenvalue weighted by molar-refractivity contribution is 5.33. The average molecular weight is 235 g/mol. The molecule has 90 valence electrons. The Morgan fingerprint density at radius 3 is 2.25 bits per heavy atom. The summed E-state index contributed by atoms with van der Waals surface area (Å²) >= 11 is 0. The standard InChI is InChI=1S/C11H13F4N/c1-7(16-2)8-5-3-4-6-9(8)11(14,15)10(12)13/h3-7,10,16H,1-2H3. The lowest BCUT2D eigenvalue weighted by Gasteiger charge is -2.22. The fourth-order valence-corrected chi connectivity index (χ4v) is 1.45. The van der Waals surface area contributed by atoms with E-state index in [2.05, 4.69) is 5.32 Å². The predicted octanol–water partition coefficient (Wildman–Crippen LogP) is 3.32. The highest BCUT2D eigenvalue weighted by Crippen LogP contribution is 2.38. The molecule has 0 radical (unpaired) electrons. The summed E-state index contributed by atoms with van der Waals surface area (Å²) in [6, 6.07) is 4.94. The molecule has 0 heterocycles. The maximum atomic E-state index is 13.3. The van der Waals surface area contributed by atoms with Crippen LogP contribution in [0.1, 0.15) is 24.1 Å². The molecular formula is C11H13F4N. The lowest BCUT2D eigenvalue weighted by molar-refractivity contribution is -0.135. The summed E-state index contributed by atoms with van der Waals surface area (Å²) in [6.45, 7) is 1.64. The van der Waals surface area contributed by atoms with Crippen molar-refractivity contribution in [2.75, 3.05) is 7.05 Å². The normalized spacial score (nSPS) is 14.2. The second kappa shape index (κ2) is 4.82. The molecule has 16 heavy (non-hydrogen) atoms. The van der Waals surface area contributed by atoms with Crippen molar-refractivity contribution in [1.82, 2.24) is 5.32 Å². The minimum absolute atomic E-state index is 0.190. The minimum Gasteiger partial charge on any atom is -0.313 e. The Bertz CT molecular complexity index is 352. The second-order valence-electron chi connectivity index (χ2n) is 3.52. The smallest absolute Gasteiger partial charge is 0.313 e. The van der Waals surface area contributed by atoms with Gasteiger partial charge < -0.3 is 5.32 Å². The lowest BCUT2D eigenvalue weighted by atomic mass is 9.97. The Hall–Kier alpha value is -1.10. The number of halogens is 4. The molecule has 0 saturated heterocycles. The van der Waals surface area contributed by atoms with Crippen LogP contribution in [0, 0.1) is 0 Å². The van der Waals surface area contributed by atoms with Gasteiger partial charge in [0, 0.05) is 11.6 Å². The molecule has 0 saturated carbocycles. The first kappa shape index (κ1) is 13.0. The third-order valence-corrected chi connectivity index (χ3v) is 2.49. The molecule has 0 aliphatic carbocycles. The second-order valence-corrected chi connectivity index (χ2v) is 3.52. The highest BCUT2D eigenvalue weighted by atomic mass is 19.3. The van der Waals surface area contributed by atoms with Crippen molar-refractivity contribution in [3.63, 3.8) is 0 Å². The molecule has 1 nitrogen and oxygen atoms in total. The molecule has 5 heteroatoms. The van der Waals surface area contributed by atoms with Crippen LogP contribution in [-0.4, -0.2) is 13.5 Å². The number of rotatable bonds is 4. The lowest BCUT2D eigenvalue weighted by Crippen LogP contribution is -2.27. The zero-order chi connectivity index (χ0) is 12.3. The molecule has 1 aromatic rings. The van der Waals surface area contributed by atoms with Crippen LogP contribution in [0.4, 0.5) is 17.6 Å². The molecule has 0 spiro atoms. The zero-order valence-corrected chi connectivity index (χ0v) is 8.98. The van der Waals surface area contributed by atoms with Gasteiger partial charge in [0.05, 0.1) is 0 Å². The van der Waals surface area contributed by atoms with Gasteiger partial charge in [0.1, 0.15) is 0 Å². The zero-order valence-electron chi connectivity index (χ0n) is 8.98. The van der Waals surface area contributed by atoms with Gasteiger partial charge in [0.25, 0.3) is 0 Å². The van der Waals surface area contributed by atoms with E-state index < -0.39 is 24.0 Å². The van der Waals surface area contributed by atoms with E-state index in [0.29, 0.717) is 0 Å². The molecule has 0 bridgehead atoms. The number of hydrogen-bond acceptors (Lipinski definition) is 1. The van der Waals surface area contributed by atoms with Crippen molar-refractivity contribution in [2.45, 2.75) is 25.3 Å². The van der Waals surface area contributed by atoms with E-state index in [1.54, 1.807) is 20.0 Å². The van der Waals surface area contributed by atoms with E-state index in [0.717, 1.165) is 6.07 Å². The molecule has 1 rings (SSSR count).